The first-order chi connectivity index (χ1) is 8.66. The first-order valence-corrected chi connectivity index (χ1v) is 7.64. The molecule has 94 valence electrons. The smallest absolute Gasteiger partial charge is 0.0390 e. The Hall–Kier alpha value is -0.770. The molecule has 0 spiro atoms. The molecular weight excluding hydrogens is 306 g/mol. The van der Waals surface area contributed by atoms with Crippen molar-refractivity contribution in [2.24, 2.45) is 5.73 Å². The van der Waals surface area contributed by atoms with Crippen LogP contribution in [0.5, 0.6) is 0 Å². The minimum atomic E-state index is 0.0713. The maximum absolute atomic E-state index is 6.23. The Morgan fingerprint density at radius 1 is 1.17 bits per heavy atom. The fourth-order valence-electron chi connectivity index (χ4n) is 1.74. The zero-order chi connectivity index (χ0) is 13.0. The molecule has 0 amide bonds. The van der Waals surface area contributed by atoms with Crippen molar-refractivity contribution in [3.8, 4) is 0 Å². The molecule has 0 aliphatic rings. The summed E-state index contributed by atoms with van der Waals surface area (Å²) in [5.74, 6) is 0.881. The molecule has 0 saturated heterocycles. The predicted molar refractivity (Wildman–Crippen MR) is 83.0 cm³/mol. The van der Waals surface area contributed by atoms with Crippen LogP contribution in [0.15, 0.2) is 57.9 Å². The van der Waals surface area contributed by atoms with E-state index in [1.807, 2.05) is 12.1 Å². The number of halogens is 1. The lowest BCUT2D eigenvalue weighted by Crippen LogP contribution is -2.13. The van der Waals surface area contributed by atoms with Crippen molar-refractivity contribution in [2.45, 2.75) is 17.9 Å². The van der Waals surface area contributed by atoms with Crippen LogP contribution in [-0.4, -0.2) is 5.75 Å². The Balaban J connectivity index is 2.00. The average Bonchev–Trinajstić information content (AvgIpc) is 2.37. The highest BCUT2D eigenvalue weighted by molar-refractivity contribution is 9.10. The van der Waals surface area contributed by atoms with Gasteiger partial charge in [-0.2, -0.15) is 0 Å². The van der Waals surface area contributed by atoms with E-state index in [0.717, 1.165) is 10.2 Å². The quantitative estimate of drug-likeness (QED) is 0.836. The van der Waals surface area contributed by atoms with Crippen molar-refractivity contribution in [3.05, 3.63) is 64.1 Å². The van der Waals surface area contributed by atoms with E-state index in [-0.39, 0.29) is 6.04 Å². The van der Waals surface area contributed by atoms with Crippen molar-refractivity contribution in [2.75, 3.05) is 5.75 Å². The van der Waals surface area contributed by atoms with Crippen LogP contribution in [0, 0.1) is 6.92 Å². The molecule has 2 N–H and O–H groups in total. The van der Waals surface area contributed by atoms with E-state index in [1.54, 1.807) is 11.8 Å². The lowest BCUT2D eigenvalue weighted by molar-refractivity contribution is 0.830. The summed E-state index contributed by atoms with van der Waals surface area (Å²) in [7, 11) is 0. The number of rotatable bonds is 4. The molecule has 0 fully saturated rings. The number of hydrogen-bond acceptors (Lipinski definition) is 2. The third-order valence-corrected chi connectivity index (χ3v) is 4.87. The van der Waals surface area contributed by atoms with Gasteiger partial charge in [-0.25, -0.2) is 0 Å². The molecule has 1 unspecified atom stereocenters. The molecule has 0 bridgehead atoms. The number of hydrogen-bond donors (Lipinski definition) is 1. The second kappa shape index (κ2) is 6.41. The first-order valence-electron chi connectivity index (χ1n) is 5.86. The summed E-state index contributed by atoms with van der Waals surface area (Å²) >= 11 is 5.34. The van der Waals surface area contributed by atoms with Crippen LogP contribution in [-0.2, 0) is 0 Å². The van der Waals surface area contributed by atoms with Gasteiger partial charge in [-0.15, -0.1) is 11.8 Å². The first kappa shape index (κ1) is 13.7. The van der Waals surface area contributed by atoms with Gasteiger partial charge < -0.3 is 5.73 Å². The Kier molecular flexibility index (Phi) is 4.87. The zero-order valence-electron chi connectivity index (χ0n) is 10.3. The van der Waals surface area contributed by atoms with Crippen LogP contribution < -0.4 is 5.73 Å². The number of thioether (sulfide) groups is 1. The van der Waals surface area contributed by atoms with Crippen molar-refractivity contribution >= 4 is 27.7 Å². The van der Waals surface area contributed by atoms with Gasteiger partial charge in [0.1, 0.15) is 0 Å². The molecule has 1 nitrogen and oxygen atoms in total. The van der Waals surface area contributed by atoms with Crippen LogP contribution in [0.3, 0.4) is 0 Å². The van der Waals surface area contributed by atoms with Crippen molar-refractivity contribution < 1.29 is 0 Å². The second-order valence-electron chi connectivity index (χ2n) is 4.26. The van der Waals surface area contributed by atoms with E-state index in [1.165, 1.54) is 16.0 Å². The highest BCUT2D eigenvalue weighted by Crippen LogP contribution is 2.29. The third kappa shape index (κ3) is 3.61. The van der Waals surface area contributed by atoms with Crippen LogP contribution in [0.1, 0.15) is 17.2 Å². The lowest BCUT2D eigenvalue weighted by atomic mass is 10.1. The fraction of sp³-hybridized carbons (Fsp3) is 0.200. The third-order valence-electron chi connectivity index (χ3n) is 2.73. The number of nitrogens with two attached hydrogens (primary N) is 1. The zero-order valence-corrected chi connectivity index (χ0v) is 12.7. The average molecular weight is 322 g/mol. The SMILES string of the molecule is Cc1cccc(C(N)CSc2ccccc2Br)c1. The highest BCUT2D eigenvalue weighted by Gasteiger charge is 2.08. The minimum Gasteiger partial charge on any atom is -0.323 e. The summed E-state index contributed by atoms with van der Waals surface area (Å²) in [6, 6.07) is 16.7. The van der Waals surface area contributed by atoms with Gasteiger partial charge in [0.15, 0.2) is 0 Å². The summed E-state index contributed by atoms with van der Waals surface area (Å²) < 4.78 is 1.13. The topological polar surface area (TPSA) is 26.0 Å². The van der Waals surface area contributed by atoms with Gasteiger partial charge in [-0.3, -0.25) is 0 Å². The molecule has 2 aromatic carbocycles. The van der Waals surface area contributed by atoms with Crippen molar-refractivity contribution in [1.82, 2.24) is 0 Å². The summed E-state index contributed by atoms with van der Waals surface area (Å²) in [5, 5.41) is 0. The van der Waals surface area contributed by atoms with E-state index in [9.17, 15) is 0 Å². The predicted octanol–water partition coefficient (Wildman–Crippen LogP) is 4.55. The van der Waals surface area contributed by atoms with E-state index in [4.69, 9.17) is 5.73 Å². The molecule has 2 rings (SSSR count). The van der Waals surface area contributed by atoms with Crippen LogP contribution in [0.2, 0.25) is 0 Å². The highest BCUT2D eigenvalue weighted by atomic mass is 79.9. The van der Waals surface area contributed by atoms with Crippen LogP contribution in [0.25, 0.3) is 0 Å². The molecule has 0 radical (unpaired) electrons. The van der Waals surface area contributed by atoms with Gasteiger partial charge in [0, 0.05) is 21.2 Å². The Bertz CT molecular complexity index is 527. The van der Waals surface area contributed by atoms with E-state index in [0.29, 0.717) is 0 Å². The van der Waals surface area contributed by atoms with E-state index in [2.05, 4.69) is 59.3 Å². The standard InChI is InChI=1S/C15H16BrNS/c1-11-5-4-6-12(9-11)14(17)10-18-15-8-3-2-7-13(15)16/h2-9,14H,10,17H2,1H3. The molecule has 0 heterocycles. The molecule has 0 aliphatic carbocycles. The second-order valence-corrected chi connectivity index (χ2v) is 6.18. The largest absolute Gasteiger partial charge is 0.323 e. The normalized spacial score (nSPS) is 12.4. The van der Waals surface area contributed by atoms with Crippen molar-refractivity contribution in [3.63, 3.8) is 0 Å². The van der Waals surface area contributed by atoms with E-state index >= 15 is 0 Å². The molecule has 2 aromatic rings. The maximum atomic E-state index is 6.23. The molecular formula is C15H16BrNS. The van der Waals surface area contributed by atoms with E-state index < -0.39 is 0 Å². The minimum absolute atomic E-state index is 0.0713. The summed E-state index contributed by atoms with van der Waals surface area (Å²) in [6.07, 6.45) is 0. The Morgan fingerprint density at radius 3 is 2.67 bits per heavy atom. The monoisotopic (exact) mass is 321 g/mol. The molecule has 3 heteroatoms. The summed E-state index contributed by atoms with van der Waals surface area (Å²) in [4.78, 5) is 1.24. The molecule has 0 aromatic heterocycles. The summed E-state index contributed by atoms with van der Waals surface area (Å²) in [5.41, 5.74) is 8.69. The van der Waals surface area contributed by atoms with Gasteiger partial charge in [0.2, 0.25) is 0 Å². The van der Waals surface area contributed by atoms with Gasteiger partial charge in [-0.05, 0) is 40.5 Å². The molecule has 1 atom stereocenters. The number of benzene rings is 2. The van der Waals surface area contributed by atoms with Gasteiger partial charge in [0.05, 0.1) is 0 Å². The fourth-order valence-corrected chi connectivity index (χ4v) is 3.30. The van der Waals surface area contributed by atoms with Gasteiger partial charge >= 0.3 is 0 Å². The number of aryl methyl sites for hydroxylation is 1. The Morgan fingerprint density at radius 2 is 1.94 bits per heavy atom. The van der Waals surface area contributed by atoms with Crippen molar-refractivity contribution in [1.29, 1.82) is 0 Å². The van der Waals surface area contributed by atoms with Gasteiger partial charge in [-0.1, -0.05) is 42.0 Å². The van der Waals surface area contributed by atoms with Crippen LogP contribution in [0.4, 0.5) is 0 Å². The maximum Gasteiger partial charge on any atom is 0.0390 e. The van der Waals surface area contributed by atoms with Gasteiger partial charge in [0.25, 0.3) is 0 Å². The lowest BCUT2D eigenvalue weighted by Gasteiger charge is -2.13. The Labute approximate surface area is 121 Å². The molecule has 0 saturated carbocycles. The molecule has 0 aliphatic heterocycles. The van der Waals surface area contributed by atoms with Crippen LogP contribution >= 0.6 is 27.7 Å². The molecule has 18 heavy (non-hydrogen) atoms. The summed E-state index contributed by atoms with van der Waals surface area (Å²) in [6.45, 7) is 2.09.